The molecule has 0 amide bonds. The van der Waals surface area contributed by atoms with Gasteiger partial charge in [0.15, 0.2) is 0 Å². The Kier molecular flexibility index (Phi) is 2.41. The van der Waals surface area contributed by atoms with Crippen LogP contribution in [0.15, 0.2) is 16.9 Å². The summed E-state index contributed by atoms with van der Waals surface area (Å²) in [5.41, 5.74) is 0.943. The largest absolute Gasteiger partial charge is 0.477 e. The Hall–Kier alpha value is -1.10. The lowest BCUT2D eigenvalue weighted by atomic mass is 10.6. The highest BCUT2D eigenvalue weighted by molar-refractivity contribution is 9.10. The predicted octanol–water partition coefficient (Wildman–Crippen LogP) is 2.20. The standard InChI is InChI=1S/C9H10BrN3O/c1-3-14-8-7(10)5-13-4-6(2)11-9(13)12-8/h4-5H,3H2,1-2H3. The normalized spacial score (nSPS) is 10.8. The van der Waals surface area contributed by atoms with Crippen LogP contribution in [-0.2, 0) is 0 Å². The molecule has 0 radical (unpaired) electrons. The number of fused-ring (bicyclic) bond motifs is 1. The molecule has 0 N–H and O–H groups in total. The highest BCUT2D eigenvalue weighted by Crippen LogP contribution is 2.22. The van der Waals surface area contributed by atoms with E-state index < -0.39 is 0 Å². The second-order valence-electron chi connectivity index (χ2n) is 2.92. The van der Waals surface area contributed by atoms with Crippen LogP contribution in [0, 0.1) is 6.92 Å². The fourth-order valence-corrected chi connectivity index (χ4v) is 1.66. The number of imidazole rings is 1. The Bertz CT molecular complexity index is 466. The van der Waals surface area contributed by atoms with Gasteiger partial charge in [0.2, 0.25) is 11.7 Å². The van der Waals surface area contributed by atoms with E-state index in [9.17, 15) is 0 Å². The summed E-state index contributed by atoms with van der Waals surface area (Å²) >= 11 is 3.39. The van der Waals surface area contributed by atoms with Crippen LogP contribution in [0.4, 0.5) is 0 Å². The van der Waals surface area contributed by atoms with E-state index in [0.29, 0.717) is 18.3 Å². The van der Waals surface area contributed by atoms with Crippen molar-refractivity contribution in [3.63, 3.8) is 0 Å². The number of hydrogen-bond donors (Lipinski definition) is 0. The molecule has 0 aliphatic heterocycles. The number of ether oxygens (including phenoxy) is 1. The summed E-state index contributed by atoms with van der Waals surface area (Å²) < 4.78 is 8.04. The number of halogens is 1. The van der Waals surface area contributed by atoms with Gasteiger partial charge >= 0.3 is 0 Å². The lowest BCUT2D eigenvalue weighted by Gasteiger charge is -2.03. The van der Waals surface area contributed by atoms with E-state index in [1.54, 1.807) is 0 Å². The number of aromatic nitrogens is 3. The van der Waals surface area contributed by atoms with Gasteiger partial charge in [-0.1, -0.05) is 0 Å². The average molecular weight is 256 g/mol. The van der Waals surface area contributed by atoms with E-state index >= 15 is 0 Å². The highest BCUT2D eigenvalue weighted by atomic mass is 79.9. The van der Waals surface area contributed by atoms with Gasteiger partial charge in [-0.2, -0.15) is 4.98 Å². The molecule has 0 aliphatic carbocycles. The first-order chi connectivity index (χ1) is 6.70. The molecule has 2 heterocycles. The first-order valence-corrected chi connectivity index (χ1v) is 5.14. The maximum absolute atomic E-state index is 5.34. The number of aryl methyl sites for hydroxylation is 1. The molecule has 0 aliphatic rings. The molecule has 4 nitrogen and oxygen atoms in total. The lowest BCUT2D eigenvalue weighted by Crippen LogP contribution is -1.98. The van der Waals surface area contributed by atoms with E-state index in [1.807, 2.05) is 30.6 Å². The fraction of sp³-hybridized carbons (Fsp3) is 0.333. The van der Waals surface area contributed by atoms with Crippen LogP contribution < -0.4 is 4.74 Å². The SMILES string of the molecule is CCOc1nc2nc(C)cn2cc1Br. The van der Waals surface area contributed by atoms with E-state index in [2.05, 4.69) is 25.9 Å². The van der Waals surface area contributed by atoms with Gasteiger partial charge in [-0.25, -0.2) is 4.98 Å². The van der Waals surface area contributed by atoms with Gasteiger partial charge in [-0.15, -0.1) is 0 Å². The molecule has 5 heteroatoms. The second-order valence-corrected chi connectivity index (χ2v) is 3.77. The summed E-state index contributed by atoms with van der Waals surface area (Å²) in [4.78, 5) is 8.52. The molecule has 0 fully saturated rings. The molecule has 2 aromatic rings. The average Bonchev–Trinajstić information content (AvgIpc) is 2.45. The van der Waals surface area contributed by atoms with E-state index in [1.165, 1.54) is 0 Å². The van der Waals surface area contributed by atoms with Crippen molar-refractivity contribution < 1.29 is 4.74 Å². The van der Waals surface area contributed by atoms with Crippen LogP contribution in [0.2, 0.25) is 0 Å². The Balaban J connectivity index is 2.58. The lowest BCUT2D eigenvalue weighted by molar-refractivity contribution is 0.324. The molecular weight excluding hydrogens is 246 g/mol. The zero-order valence-corrected chi connectivity index (χ0v) is 9.58. The summed E-state index contributed by atoms with van der Waals surface area (Å²) in [6.45, 7) is 4.46. The Labute approximate surface area is 90.1 Å². The van der Waals surface area contributed by atoms with Crippen LogP contribution in [0.5, 0.6) is 5.88 Å². The summed E-state index contributed by atoms with van der Waals surface area (Å²) in [6.07, 6.45) is 3.82. The van der Waals surface area contributed by atoms with Crippen molar-refractivity contribution in [2.75, 3.05) is 6.61 Å². The summed E-state index contributed by atoms with van der Waals surface area (Å²) in [6, 6.07) is 0. The minimum absolute atomic E-state index is 0.589. The molecule has 0 unspecified atom stereocenters. The maximum atomic E-state index is 5.34. The smallest absolute Gasteiger partial charge is 0.237 e. The third-order valence-corrected chi connectivity index (χ3v) is 2.32. The van der Waals surface area contributed by atoms with Crippen molar-refractivity contribution in [2.45, 2.75) is 13.8 Å². The Morgan fingerprint density at radius 2 is 2.21 bits per heavy atom. The van der Waals surface area contributed by atoms with Crippen LogP contribution >= 0.6 is 15.9 Å². The van der Waals surface area contributed by atoms with Gasteiger partial charge in [-0.3, -0.25) is 4.40 Å². The zero-order valence-electron chi connectivity index (χ0n) is 7.99. The molecular formula is C9H10BrN3O. The second kappa shape index (κ2) is 3.57. The molecule has 14 heavy (non-hydrogen) atoms. The van der Waals surface area contributed by atoms with Crippen molar-refractivity contribution >= 4 is 21.7 Å². The minimum Gasteiger partial charge on any atom is -0.477 e. The first-order valence-electron chi connectivity index (χ1n) is 4.35. The summed E-state index contributed by atoms with van der Waals surface area (Å²) in [5.74, 6) is 1.25. The zero-order chi connectivity index (χ0) is 10.1. The van der Waals surface area contributed by atoms with Crippen molar-refractivity contribution in [2.24, 2.45) is 0 Å². The van der Waals surface area contributed by atoms with Crippen molar-refractivity contribution in [3.05, 3.63) is 22.6 Å². The van der Waals surface area contributed by atoms with Crippen molar-refractivity contribution in [3.8, 4) is 5.88 Å². The molecule has 0 saturated heterocycles. The Morgan fingerprint density at radius 3 is 2.93 bits per heavy atom. The molecule has 0 spiro atoms. The number of rotatable bonds is 2. The van der Waals surface area contributed by atoms with Gasteiger partial charge in [0.25, 0.3) is 0 Å². The molecule has 0 saturated carbocycles. The predicted molar refractivity (Wildman–Crippen MR) is 56.6 cm³/mol. The number of nitrogens with zero attached hydrogens (tertiary/aromatic N) is 3. The molecule has 0 aromatic carbocycles. The van der Waals surface area contributed by atoms with Crippen molar-refractivity contribution in [1.29, 1.82) is 0 Å². The summed E-state index contributed by atoms with van der Waals surface area (Å²) in [7, 11) is 0. The third kappa shape index (κ3) is 1.59. The van der Waals surface area contributed by atoms with Crippen LogP contribution in [0.1, 0.15) is 12.6 Å². The minimum atomic E-state index is 0.589. The molecule has 74 valence electrons. The van der Waals surface area contributed by atoms with Gasteiger partial charge in [0.05, 0.1) is 16.8 Å². The van der Waals surface area contributed by atoms with Crippen LogP contribution in [0.3, 0.4) is 0 Å². The van der Waals surface area contributed by atoms with Gasteiger partial charge in [0, 0.05) is 12.4 Å². The van der Waals surface area contributed by atoms with Crippen molar-refractivity contribution in [1.82, 2.24) is 14.4 Å². The van der Waals surface area contributed by atoms with E-state index in [0.717, 1.165) is 10.2 Å². The quantitative estimate of drug-likeness (QED) is 0.826. The molecule has 0 atom stereocenters. The summed E-state index contributed by atoms with van der Waals surface area (Å²) in [5, 5.41) is 0. The first kappa shape index (κ1) is 9.45. The molecule has 2 aromatic heterocycles. The van der Waals surface area contributed by atoms with E-state index in [4.69, 9.17) is 4.74 Å². The maximum Gasteiger partial charge on any atom is 0.237 e. The van der Waals surface area contributed by atoms with Gasteiger partial charge < -0.3 is 4.74 Å². The monoisotopic (exact) mass is 255 g/mol. The van der Waals surface area contributed by atoms with E-state index in [-0.39, 0.29) is 0 Å². The highest BCUT2D eigenvalue weighted by Gasteiger charge is 2.06. The fourth-order valence-electron chi connectivity index (χ4n) is 1.24. The van der Waals surface area contributed by atoms with Crippen LogP contribution in [0.25, 0.3) is 5.78 Å². The van der Waals surface area contributed by atoms with Gasteiger partial charge in [-0.05, 0) is 29.8 Å². The topological polar surface area (TPSA) is 39.4 Å². The molecule has 2 rings (SSSR count). The number of hydrogen-bond acceptors (Lipinski definition) is 3. The van der Waals surface area contributed by atoms with Gasteiger partial charge in [0.1, 0.15) is 0 Å². The molecule has 0 bridgehead atoms. The van der Waals surface area contributed by atoms with Crippen LogP contribution in [-0.4, -0.2) is 21.0 Å². The third-order valence-electron chi connectivity index (χ3n) is 1.77. The Morgan fingerprint density at radius 1 is 1.43 bits per heavy atom.